The zero-order valence-corrected chi connectivity index (χ0v) is 14.0. The van der Waals surface area contributed by atoms with Gasteiger partial charge in [0.05, 0.1) is 18.5 Å². The maximum absolute atomic E-state index is 12.9. The van der Waals surface area contributed by atoms with Crippen LogP contribution in [0.5, 0.6) is 0 Å². The number of sulfonamides is 1. The van der Waals surface area contributed by atoms with E-state index in [1.165, 1.54) is 19.3 Å². The minimum Gasteiger partial charge on any atom is -0.374 e. The summed E-state index contributed by atoms with van der Waals surface area (Å²) >= 11 is 0. The third-order valence-corrected chi connectivity index (χ3v) is 7.40. The highest BCUT2D eigenvalue weighted by Gasteiger charge is 2.46. The Hall–Kier alpha value is -0.170. The summed E-state index contributed by atoms with van der Waals surface area (Å²) in [7, 11) is -1.20. The second-order valence-corrected chi connectivity index (χ2v) is 8.98. The van der Waals surface area contributed by atoms with E-state index < -0.39 is 10.0 Å². The lowest BCUT2D eigenvalue weighted by molar-refractivity contribution is -0.00745. The van der Waals surface area contributed by atoms with Gasteiger partial charge in [0, 0.05) is 25.2 Å². The van der Waals surface area contributed by atoms with Crippen LogP contribution < -0.4 is 0 Å². The van der Waals surface area contributed by atoms with E-state index in [4.69, 9.17) is 4.74 Å². The van der Waals surface area contributed by atoms with Gasteiger partial charge < -0.3 is 9.64 Å². The van der Waals surface area contributed by atoms with Gasteiger partial charge in [-0.1, -0.05) is 12.8 Å². The van der Waals surface area contributed by atoms with Gasteiger partial charge in [-0.2, -0.15) is 4.31 Å². The average Bonchev–Trinajstić information content (AvgIpc) is 2.74. The van der Waals surface area contributed by atoms with Crippen LogP contribution in [0.2, 0.25) is 0 Å². The maximum Gasteiger partial charge on any atom is 0.217 e. The summed E-state index contributed by atoms with van der Waals surface area (Å²) in [5.41, 5.74) is 0. The van der Waals surface area contributed by atoms with E-state index in [-0.39, 0.29) is 23.9 Å². The number of rotatable bonds is 3. The van der Waals surface area contributed by atoms with Gasteiger partial charge in [-0.15, -0.1) is 0 Å². The van der Waals surface area contributed by atoms with E-state index in [9.17, 15) is 8.42 Å². The molecule has 0 aromatic rings. The molecule has 0 N–H and O–H groups in total. The van der Waals surface area contributed by atoms with Crippen molar-refractivity contribution in [3.63, 3.8) is 0 Å². The lowest BCUT2D eigenvalue weighted by atomic mass is 9.85. The lowest BCUT2D eigenvalue weighted by Gasteiger charge is -2.35. The molecule has 0 aromatic carbocycles. The van der Waals surface area contributed by atoms with Crippen LogP contribution in [-0.4, -0.2) is 68.3 Å². The Labute approximate surface area is 128 Å². The molecule has 3 fully saturated rings. The number of likely N-dealkylation sites (N-methyl/N-ethyl adjacent to an activating group) is 1. The SMILES string of the molecule is CC1CC2CCCCC2N1S(=O)(=O)CC1CN(C)CCO1. The lowest BCUT2D eigenvalue weighted by Crippen LogP contribution is -2.49. The normalized spacial score (nSPS) is 39.3. The maximum atomic E-state index is 12.9. The van der Waals surface area contributed by atoms with Gasteiger partial charge in [-0.05, 0) is 39.2 Å². The fourth-order valence-corrected chi connectivity index (χ4v) is 6.60. The first kappa shape index (κ1) is 15.7. The molecule has 6 heteroatoms. The van der Waals surface area contributed by atoms with Crippen LogP contribution in [0.15, 0.2) is 0 Å². The van der Waals surface area contributed by atoms with E-state index in [0.29, 0.717) is 12.5 Å². The summed E-state index contributed by atoms with van der Waals surface area (Å²) in [6.07, 6.45) is 5.53. The number of hydrogen-bond acceptors (Lipinski definition) is 4. The highest BCUT2D eigenvalue weighted by molar-refractivity contribution is 7.89. The predicted octanol–water partition coefficient (Wildman–Crippen LogP) is 1.30. The monoisotopic (exact) mass is 316 g/mol. The predicted molar refractivity (Wildman–Crippen MR) is 82.7 cm³/mol. The summed E-state index contributed by atoms with van der Waals surface area (Å²) in [5.74, 6) is 0.726. The van der Waals surface area contributed by atoms with Gasteiger partial charge in [0.1, 0.15) is 0 Å². The molecule has 2 saturated heterocycles. The van der Waals surface area contributed by atoms with E-state index in [1.54, 1.807) is 0 Å². The molecule has 0 amide bonds. The van der Waals surface area contributed by atoms with Gasteiger partial charge in [-0.3, -0.25) is 0 Å². The minimum absolute atomic E-state index is 0.144. The molecule has 122 valence electrons. The number of nitrogens with zero attached hydrogens (tertiary/aromatic N) is 2. The van der Waals surface area contributed by atoms with Crippen molar-refractivity contribution in [2.24, 2.45) is 5.92 Å². The smallest absolute Gasteiger partial charge is 0.217 e. The topological polar surface area (TPSA) is 49.9 Å². The standard InChI is InChI=1S/C15H28N2O3S/c1-12-9-13-5-3-4-6-15(13)17(12)21(18,19)11-14-10-16(2)7-8-20-14/h12-15H,3-11H2,1-2H3. The van der Waals surface area contributed by atoms with Crippen molar-refractivity contribution in [2.45, 2.75) is 57.2 Å². The zero-order valence-electron chi connectivity index (χ0n) is 13.2. The molecular weight excluding hydrogens is 288 g/mol. The van der Waals surface area contributed by atoms with E-state index in [0.717, 1.165) is 25.9 Å². The zero-order chi connectivity index (χ0) is 15.0. The third-order valence-electron chi connectivity index (χ3n) is 5.33. The van der Waals surface area contributed by atoms with Crippen molar-refractivity contribution >= 4 is 10.0 Å². The van der Waals surface area contributed by atoms with Crippen molar-refractivity contribution in [1.82, 2.24) is 9.21 Å². The van der Waals surface area contributed by atoms with Gasteiger partial charge in [0.2, 0.25) is 10.0 Å². The van der Waals surface area contributed by atoms with Crippen molar-refractivity contribution in [3.8, 4) is 0 Å². The molecule has 0 aromatic heterocycles. The Kier molecular flexibility index (Phi) is 4.60. The van der Waals surface area contributed by atoms with Crippen LogP contribution in [0, 0.1) is 5.92 Å². The number of ether oxygens (including phenoxy) is 1. The van der Waals surface area contributed by atoms with Crippen molar-refractivity contribution < 1.29 is 13.2 Å². The molecule has 1 aliphatic carbocycles. The molecule has 4 atom stereocenters. The molecule has 5 nitrogen and oxygen atoms in total. The fourth-order valence-electron chi connectivity index (χ4n) is 4.44. The highest BCUT2D eigenvalue weighted by atomic mass is 32.2. The number of morpholine rings is 1. The van der Waals surface area contributed by atoms with Crippen LogP contribution in [0.4, 0.5) is 0 Å². The van der Waals surface area contributed by atoms with E-state index >= 15 is 0 Å². The first-order valence-electron chi connectivity index (χ1n) is 8.29. The van der Waals surface area contributed by atoms with Crippen LogP contribution >= 0.6 is 0 Å². The minimum atomic E-state index is -3.22. The van der Waals surface area contributed by atoms with Gasteiger partial charge in [-0.25, -0.2) is 8.42 Å². The van der Waals surface area contributed by atoms with Crippen molar-refractivity contribution in [3.05, 3.63) is 0 Å². The molecule has 4 unspecified atom stereocenters. The second-order valence-electron chi connectivity index (χ2n) is 7.06. The molecule has 0 radical (unpaired) electrons. The Morgan fingerprint density at radius 3 is 2.76 bits per heavy atom. The van der Waals surface area contributed by atoms with Crippen LogP contribution in [0.3, 0.4) is 0 Å². The molecule has 3 aliphatic rings. The molecule has 21 heavy (non-hydrogen) atoms. The van der Waals surface area contributed by atoms with Crippen LogP contribution in [-0.2, 0) is 14.8 Å². The Morgan fingerprint density at radius 2 is 2.00 bits per heavy atom. The molecule has 0 spiro atoms. The fraction of sp³-hybridized carbons (Fsp3) is 1.00. The molecule has 2 aliphatic heterocycles. The Morgan fingerprint density at radius 1 is 1.24 bits per heavy atom. The van der Waals surface area contributed by atoms with Gasteiger partial charge in [0.25, 0.3) is 0 Å². The summed E-state index contributed by atoms with van der Waals surface area (Å²) in [5, 5.41) is 0. The summed E-state index contributed by atoms with van der Waals surface area (Å²) < 4.78 is 33.3. The molecule has 2 heterocycles. The Bertz CT molecular complexity index is 468. The quantitative estimate of drug-likeness (QED) is 0.787. The first-order chi connectivity index (χ1) is 9.97. The summed E-state index contributed by atoms with van der Waals surface area (Å²) in [4.78, 5) is 2.15. The molecule has 0 bridgehead atoms. The first-order valence-corrected chi connectivity index (χ1v) is 9.89. The van der Waals surface area contributed by atoms with Crippen molar-refractivity contribution in [1.29, 1.82) is 0 Å². The van der Waals surface area contributed by atoms with Crippen LogP contribution in [0.25, 0.3) is 0 Å². The van der Waals surface area contributed by atoms with Gasteiger partial charge >= 0.3 is 0 Å². The summed E-state index contributed by atoms with van der Waals surface area (Å²) in [6, 6.07) is 0.407. The molecule has 1 saturated carbocycles. The van der Waals surface area contributed by atoms with E-state index in [1.807, 2.05) is 11.4 Å². The van der Waals surface area contributed by atoms with Gasteiger partial charge in [0.15, 0.2) is 0 Å². The molecule has 3 rings (SSSR count). The summed E-state index contributed by atoms with van der Waals surface area (Å²) in [6.45, 7) is 4.32. The van der Waals surface area contributed by atoms with Crippen LogP contribution in [0.1, 0.15) is 39.0 Å². The Balaban J connectivity index is 1.71. The molecular formula is C15H28N2O3S. The number of hydrogen-bond donors (Lipinski definition) is 0. The number of fused-ring (bicyclic) bond motifs is 1. The van der Waals surface area contributed by atoms with E-state index in [2.05, 4.69) is 11.8 Å². The largest absolute Gasteiger partial charge is 0.374 e. The second kappa shape index (κ2) is 6.14. The van der Waals surface area contributed by atoms with Crippen molar-refractivity contribution in [2.75, 3.05) is 32.5 Å². The third kappa shape index (κ3) is 3.28. The highest BCUT2D eigenvalue weighted by Crippen LogP contribution is 2.41. The average molecular weight is 316 g/mol.